The van der Waals surface area contributed by atoms with Crippen molar-refractivity contribution in [2.45, 2.75) is 31.7 Å². The summed E-state index contributed by atoms with van der Waals surface area (Å²) in [6, 6.07) is 15.8. The van der Waals surface area contributed by atoms with Crippen molar-refractivity contribution in [2.75, 3.05) is 6.54 Å². The molecule has 1 aliphatic rings. The van der Waals surface area contributed by atoms with Crippen molar-refractivity contribution in [1.29, 1.82) is 0 Å². The van der Waals surface area contributed by atoms with Crippen LogP contribution in [0.3, 0.4) is 0 Å². The number of carbonyl (C=O) groups is 1. The Bertz CT molecular complexity index is 658. The van der Waals surface area contributed by atoms with Crippen LogP contribution in [-0.2, 0) is 0 Å². The van der Waals surface area contributed by atoms with Crippen molar-refractivity contribution >= 4 is 5.97 Å². The third kappa shape index (κ3) is 3.20. The van der Waals surface area contributed by atoms with Crippen LogP contribution in [0.5, 0.6) is 0 Å². The van der Waals surface area contributed by atoms with Gasteiger partial charge in [0.05, 0.1) is 5.56 Å². The molecule has 0 saturated carbocycles. The summed E-state index contributed by atoms with van der Waals surface area (Å²) < 4.78 is 0. The summed E-state index contributed by atoms with van der Waals surface area (Å²) in [5, 5.41) is 13.0. The molecule has 1 aliphatic heterocycles. The van der Waals surface area contributed by atoms with E-state index in [2.05, 4.69) is 17.4 Å². The lowest BCUT2D eigenvalue weighted by Crippen LogP contribution is -2.20. The monoisotopic (exact) mass is 295 g/mol. The summed E-state index contributed by atoms with van der Waals surface area (Å²) in [6.07, 6.45) is 4.90. The third-order valence-corrected chi connectivity index (χ3v) is 4.32. The third-order valence-electron chi connectivity index (χ3n) is 4.32. The topological polar surface area (TPSA) is 49.3 Å². The van der Waals surface area contributed by atoms with Gasteiger partial charge >= 0.3 is 5.97 Å². The quantitative estimate of drug-likeness (QED) is 0.889. The molecule has 3 rings (SSSR count). The van der Waals surface area contributed by atoms with Gasteiger partial charge in [0.25, 0.3) is 0 Å². The lowest BCUT2D eigenvalue weighted by molar-refractivity contribution is 0.0697. The minimum atomic E-state index is -0.881. The second-order valence-electron chi connectivity index (χ2n) is 5.83. The Kier molecular flexibility index (Phi) is 4.54. The van der Waals surface area contributed by atoms with Crippen LogP contribution in [0.4, 0.5) is 0 Å². The SMILES string of the molecule is O=C(O)c1ccccc1-c1cccc([C@H]2CCCCCN2)c1. The summed E-state index contributed by atoms with van der Waals surface area (Å²) in [5.41, 5.74) is 3.36. The van der Waals surface area contributed by atoms with Crippen LogP contribution in [0, 0.1) is 0 Å². The number of benzene rings is 2. The lowest BCUT2D eigenvalue weighted by Gasteiger charge is -2.17. The van der Waals surface area contributed by atoms with Gasteiger partial charge in [0.15, 0.2) is 0 Å². The van der Waals surface area contributed by atoms with Crippen molar-refractivity contribution in [3.05, 3.63) is 59.7 Å². The molecule has 2 aromatic rings. The molecule has 0 radical (unpaired) electrons. The summed E-state index contributed by atoms with van der Waals surface area (Å²) in [4.78, 5) is 11.4. The van der Waals surface area contributed by atoms with Crippen molar-refractivity contribution in [3.8, 4) is 11.1 Å². The molecule has 1 atom stereocenters. The molecular weight excluding hydrogens is 274 g/mol. The summed E-state index contributed by atoms with van der Waals surface area (Å²) in [5.74, 6) is -0.881. The highest BCUT2D eigenvalue weighted by Crippen LogP contribution is 2.29. The predicted molar refractivity (Wildman–Crippen MR) is 88.0 cm³/mol. The maximum atomic E-state index is 11.4. The van der Waals surface area contributed by atoms with Crippen molar-refractivity contribution in [1.82, 2.24) is 5.32 Å². The Morgan fingerprint density at radius 3 is 2.77 bits per heavy atom. The number of hydrogen-bond donors (Lipinski definition) is 2. The fourth-order valence-electron chi connectivity index (χ4n) is 3.16. The van der Waals surface area contributed by atoms with Crippen LogP contribution in [0.15, 0.2) is 48.5 Å². The minimum absolute atomic E-state index is 0.355. The first-order chi connectivity index (χ1) is 10.8. The first-order valence-corrected chi connectivity index (χ1v) is 7.92. The van der Waals surface area contributed by atoms with Crippen LogP contribution in [0.2, 0.25) is 0 Å². The molecule has 0 bridgehead atoms. The second-order valence-corrected chi connectivity index (χ2v) is 5.83. The smallest absolute Gasteiger partial charge is 0.336 e. The van der Waals surface area contributed by atoms with Gasteiger partial charge in [0.2, 0.25) is 0 Å². The van der Waals surface area contributed by atoms with E-state index >= 15 is 0 Å². The van der Waals surface area contributed by atoms with Crippen molar-refractivity contribution in [3.63, 3.8) is 0 Å². The number of rotatable bonds is 3. The van der Waals surface area contributed by atoms with E-state index in [0.717, 1.165) is 24.1 Å². The van der Waals surface area contributed by atoms with Gasteiger partial charge < -0.3 is 10.4 Å². The molecule has 0 spiro atoms. The van der Waals surface area contributed by atoms with Gasteiger partial charge in [-0.2, -0.15) is 0 Å². The standard InChI is InChI=1S/C19H21NO2/c21-19(22)17-10-4-3-9-16(17)14-7-6-8-15(13-14)18-11-2-1-5-12-20-18/h3-4,6-10,13,18,20H,1-2,5,11-12H2,(H,21,22)/t18-/m1/s1. The predicted octanol–water partition coefficient (Wildman–Crippen LogP) is 4.26. The molecule has 2 N–H and O–H groups in total. The average molecular weight is 295 g/mol. The van der Waals surface area contributed by atoms with E-state index in [9.17, 15) is 9.90 Å². The zero-order chi connectivity index (χ0) is 15.4. The highest BCUT2D eigenvalue weighted by atomic mass is 16.4. The van der Waals surface area contributed by atoms with Gasteiger partial charge in [0, 0.05) is 6.04 Å². The van der Waals surface area contributed by atoms with Crippen LogP contribution in [-0.4, -0.2) is 17.6 Å². The number of hydrogen-bond acceptors (Lipinski definition) is 2. The Hall–Kier alpha value is -2.13. The minimum Gasteiger partial charge on any atom is -0.478 e. The van der Waals surface area contributed by atoms with Crippen LogP contribution in [0.1, 0.15) is 47.6 Å². The Morgan fingerprint density at radius 2 is 1.91 bits per heavy atom. The first kappa shape index (κ1) is 14.8. The van der Waals surface area contributed by atoms with Gasteiger partial charge in [-0.25, -0.2) is 4.79 Å². The summed E-state index contributed by atoms with van der Waals surface area (Å²) in [6.45, 7) is 1.06. The first-order valence-electron chi connectivity index (χ1n) is 7.92. The van der Waals surface area contributed by atoms with E-state index in [-0.39, 0.29) is 0 Å². The fraction of sp³-hybridized carbons (Fsp3) is 0.316. The summed E-state index contributed by atoms with van der Waals surface area (Å²) in [7, 11) is 0. The normalized spacial score (nSPS) is 18.6. The highest BCUT2D eigenvalue weighted by molar-refractivity contribution is 5.96. The molecule has 114 valence electrons. The van der Waals surface area contributed by atoms with E-state index in [1.54, 1.807) is 12.1 Å². The highest BCUT2D eigenvalue weighted by Gasteiger charge is 2.16. The molecule has 1 fully saturated rings. The van der Waals surface area contributed by atoms with Gasteiger partial charge in [-0.3, -0.25) is 0 Å². The molecule has 3 heteroatoms. The average Bonchev–Trinajstić information content (AvgIpc) is 2.84. The molecule has 0 aromatic heterocycles. The van der Waals surface area contributed by atoms with Crippen molar-refractivity contribution < 1.29 is 9.90 Å². The maximum Gasteiger partial charge on any atom is 0.336 e. The van der Waals surface area contributed by atoms with Crippen LogP contribution >= 0.6 is 0 Å². The molecule has 0 amide bonds. The molecular formula is C19H21NO2. The molecule has 0 aliphatic carbocycles. The van der Waals surface area contributed by atoms with E-state index in [4.69, 9.17) is 0 Å². The molecule has 2 aromatic carbocycles. The van der Waals surface area contributed by atoms with E-state index in [1.165, 1.54) is 24.8 Å². The van der Waals surface area contributed by atoms with Crippen LogP contribution in [0.25, 0.3) is 11.1 Å². The Balaban J connectivity index is 1.96. The summed E-state index contributed by atoms with van der Waals surface area (Å²) >= 11 is 0. The zero-order valence-electron chi connectivity index (χ0n) is 12.6. The molecule has 22 heavy (non-hydrogen) atoms. The van der Waals surface area contributed by atoms with Crippen LogP contribution < -0.4 is 5.32 Å². The van der Waals surface area contributed by atoms with E-state index < -0.39 is 5.97 Å². The molecule has 0 unspecified atom stereocenters. The number of carboxylic acids is 1. The maximum absolute atomic E-state index is 11.4. The Labute approximate surface area is 131 Å². The fourth-order valence-corrected chi connectivity index (χ4v) is 3.16. The Morgan fingerprint density at radius 1 is 1.05 bits per heavy atom. The van der Waals surface area contributed by atoms with Crippen molar-refractivity contribution in [2.24, 2.45) is 0 Å². The second kappa shape index (κ2) is 6.75. The number of carboxylic acid groups (broad SMARTS) is 1. The largest absolute Gasteiger partial charge is 0.478 e. The molecule has 1 heterocycles. The molecule has 1 saturated heterocycles. The van der Waals surface area contributed by atoms with Gasteiger partial charge in [-0.15, -0.1) is 0 Å². The number of aromatic carboxylic acids is 1. The van der Waals surface area contributed by atoms with Gasteiger partial charge in [-0.05, 0) is 48.2 Å². The lowest BCUT2D eigenvalue weighted by atomic mass is 9.95. The van der Waals surface area contributed by atoms with E-state index in [0.29, 0.717) is 11.6 Å². The zero-order valence-corrected chi connectivity index (χ0v) is 12.6. The number of nitrogens with one attached hydrogen (secondary N) is 1. The van der Waals surface area contributed by atoms with Gasteiger partial charge in [-0.1, -0.05) is 49.2 Å². The van der Waals surface area contributed by atoms with E-state index in [1.807, 2.05) is 24.3 Å². The van der Waals surface area contributed by atoms with Gasteiger partial charge in [0.1, 0.15) is 0 Å². The molecule has 3 nitrogen and oxygen atoms in total.